The zero-order chi connectivity index (χ0) is 16.7. The SMILES string of the molecule is Cc1nn(C)c2nc([C@]3(C)CCCN(c4cnccn4)C3)ccc12. The lowest BCUT2D eigenvalue weighted by molar-refractivity contribution is 0.363. The molecule has 0 saturated carbocycles. The van der Waals surface area contributed by atoms with E-state index >= 15 is 0 Å². The summed E-state index contributed by atoms with van der Waals surface area (Å²) in [5.41, 5.74) is 3.12. The molecule has 3 aromatic heterocycles. The van der Waals surface area contributed by atoms with Gasteiger partial charge in [0.25, 0.3) is 0 Å². The van der Waals surface area contributed by atoms with Crippen LogP contribution in [0.15, 0.2) is 30.7 Å². The first-order chi connectivity index (χ1) is 11.6. The largest absolute Gasteiger partial charge is 0.354 e. The van der Waals surface area contributed by atoms with Gasteiger partial charge in [-0.1, -0.05) is 6.92 Å². The third-order valence-corrected chi connectivity index (χ3v) is 5.06. The predicted molar refractivity (Wildman–Crippen MR) is 94.1 cm³/mol. The second-order valence-electron chi connectivity index (χ2n) is 6.93. The Morgan fingerprint density at radius 2 is 2.08 bits per heavy atom. The standard InChI is InChI=1S/C18H22N6/c1-13-14-5-6-15(21-17(14)23(3)22-13)18(2)7-4-10-24(12-18)16-11-19-8-9-20-16/h5-6,8-9,11H,4,7,10,12H2,1-3H3/t18-/m1/s1. The highest BCUT2D eigenvalue weighted by Gasteiger charge is 2.35. The normalized spacial score (nSPS) is 21.4. The van der Waals surface area contributed by atoms with Gasteiger partial charge in [0.15, 0.2) is 5.65 Å². The molecule has 6 nitrogen and oxygen atoms in total. The molecule has 1 aliphatic rings. The van der Waals surface area contributed by atoms with Gasteiger partial charge >= 0.3 is 0 Å². The van der Waals surface area contributed by atoms with Crippen molar-refractivity contribution in [2.45, 2.75) is 32.1 Å². The Balaban J connectivity index is 1.70. The molecule has 1 fully saturated rings. The van der Waals surface area contributed by atoms with Crippen LogP contribution in [0.25, 0.3) is 11.0 Å². The number of nitrogens with zero attached hydrogens (tertiary/aromatic N) is 6. The van der Waals surface area contributed by atoms with Gasteiger partial charge < -0.3 is 4.90 Å². The fraction of sp³-hybridized carbons (Fsp3) is 0.444. The zero-order valence-corrected chi connectivity index (χ0v) is 14.4. The number of anilines is 1. The molecule has 0 bridgehead atoms. The maximum atomic E-state index is 4.96. The third-order valence-electron chi connectivity index (χ3n) is 5.06. The maximum absolute atomic E-state index is 4.96. The molecule has 4 rings (SSSR count). The van der Waals surface area contributed by atoms with Gasteiger partial charge in [-0.3, -0.25) is 9.67 Å². The van der Waals surface area contributed by atoms with Crippen molar-refractivity contribution in [1.29, 1.82) is 0 Å². The van der Waals surface area contributed by atoms with Crippen molar-refractivity contribution < 1.29 is 0 Å². The molecule has 0 aliphatic carbocycles. The van der Waals surface area contributed by atoms with Gasteiger partial charge in [0.1, 0.15) is 5.82 Å². The Kier molecular flexibility index (Phi) is 3.48. The van der Waals surface area contributed by atoms with Gasteiger partial charge in [-0.2, -0.15) is 5.10 Å². The van der Waals surface area contributed by atoms with E-state index in [0.717, 1.165) is 54.2 Å². The Morgan fingerprint density at radius 1 is 1.21 bits per heavy atom. The number of aromatic nitrogens is 5. The van der Waals surface area contributed by atoms with E-state index < -0.39 is 0 Å². The second-order valence-corrected chi connectivity index (χ2v) is 6.93. The molecule has 24 heavy (non-hydrogen) atoms. The number of rotatable bonds is 2. The predicted octanol–water partition coefficient (Wildman–Crippen LogP) is 2.62. The summed E-state index contributed by atoms with van der Waals surface area (Å²) in [4.78, 5) is 15.9. The van der Waals surface area contributed by atoms with Crippen molar-refractivity contribution in [3.8, 4) is 0 Å². The molecule has 0 unspecified atom stereocenters. The minimum absolute atomic E-state index is 0.00212. The Bertz CT molecular complexity index is 872. The van der Waals surface area contributed by atoms with E-state index in [1.54, 1.807) is 12.4 Å². The molecule has 0 aromatic carbocycles. The van der Waals surface area contributed by atoms with E-state index in [4.69, 9.17) is 4.98 Å². The summed E-state index contributed by atoms with van der Waals surface area (Å²) in [6, 6.07) is 4.32. The minimum atomic E-state index is 0.00212. The van der Waals surface area contributed by atoms with E-state index in [9.17, 15) is 0 Å². The molecule has 3 aromatic rings. The zero-order valence-electron chi connectivity index (χ0n) is 14.4. The van der Waals surface area contributed by atoms with E-state index in [1.165, 1.54) is 0 Å². The first kappa shape index (κ1) is 15.1. The summed E-state index contributed by atoms with van der Waals surface area (Å²) in [6.45, 7) is 6.25. The van der Waals surface area contributed by atoms with Gasteiger partial charge in [-0.05, 0) is 31.9 Å². The van der Waals surface area contributed by atoms with E-state index in [2.05, 4.69) is 39.0 Å². The lowest BCUT2D eigenvalue weighted by atomic mass is 9.78. The van der Waals surface area contributed by atoms with Crippen molar-refractivity contribution in [2.24, 2.45) is 7.05 Å². The molecular formula is C18H22N6. The Hall–Kier alpha value is -2.50. The van der Waals surface area contributed by atoms with Crippen LogP contribution in [0.1, 0.15) is 31.2 Å². The van der Waals surface area contributed by atoms with Gasteiger partial charge in [0.2, 0.25) is 0 Å². The smallest absolute Gasteiger partial charge is 0.158 e. The molecule has 6 heteroatoms. The van der Waals surface area contributed by atoms with Crippen molar-refractivity contribution in [1.82, 2.24) is 24.7 Å². The molecular weight excluding hydrogens is 300 g/mol. The van der Waals surface area contributed by atoms with Crippen LogP contribution >= 0.6 is 0 Å². The number of aryl methyl sites for hydroxylation is 2. The van der Waals surface area contributed by atoms with Gasteiger partial charge in [-0.15, -0.1) is 0 Å². The topological polar surface area (TPSA) is 59.7 Å². The van der Waals surface area contributed by atoms with E-state index in [0.29, 0.717) is 0 Å². The monoisotopic (exact) mass is 322 g/mol. The molecule has 4 heterocycles. The number of piperidine rings is 1. The number of fused-ring (bicyclic) bond motifs is 1. The highest BCUT2D eigenvalue weighted by Crippen LogP contribution is 2.35. The van der Waals surface area contributed by atoms with Crippen molar-refractivity contribution in [3.05, 3.63) is 42.1 Å². The molecule has 0 amide bonds. The number of hydrogen-bond donors (Lipinski definition) is 0. The second kappa shape index (κ2) is 5.54. The highest BCUT2D eigenvalue weighted by atomic mass is 15.3. The summed E-state index contributed by atoms with van der Waals surface area (Å²) >= 11 is 0. The summed E-state index contributed by atoms with van der Waals surface area (Å²) in [5, 5.41) is 5.62. The molecule has 0 N–H and O–H groups in total. The third kappa shape index (κ3) is 2.42. The average molecular weight is 322 g/mol. The maximum Gasteiger partial charge on any atom is 0.158 e. The first-order valence-electron chi connectivity index (χ1n) is 8.39. The van der Waals surface area contributed by atoms with Crippen LogP contribution < -0.4 is 4.90 Å². The van der Waals surface area contributed by atoms with Gasteiger partial charge in [-0.25, -0.2) is 9.97 Å². The molecule has 1 aliphatic heterocycles. The van der Waals surface area contributed by atoms with Crippen LogP contribution in [0, 0.1) is 6.92 Å². The van der Waals surface area contributed by atoms with Gasteiger partial charge in [0, 0.05) is 43.3 Å². The van der Waals surface area contributed by atoms with Crippen LogP contribution in [-0.4, -0.2) is 37.8 Å². The van der Waals surface area contributed by atoms with Crippen LogP contribution in [0.2, 0.25) is 0 Å². The molecule has 0 radical (unpaired) electrons. The Labute approximate surface area is 141 Å². The van der Waals surface area contributed by atoms with E-state index in [-0.39, 0.29) is 5.41 Å². The van der Waals surface area contributed by atoms with Crippen LogP contribution in [-0.2, 0) is 12.5 Å². The summed E-state index contributed by atoms with van der Waals surface area (Å²) < 4.78 is 1.88. The summed E-state index contributed by atoms with van der Waals surface area (Å²) in [7, 11) is 1.96. The van der Waals surface area contributed by atoms with E-state index in [1.807, 2.05) is 24.9 Å². The summed E-state index contributed by atoms with van der Waals surface area (Å²) in [6.07, 6.45) is 7.56. The molecule has 1 saturated heterocycles. The average Bonchev–Trinajstić information content (AvgIpc) is 2.90. The molecule has 124 valence electrons. The highest BCUT2D eigenvalue weighted by molar-refractivity contribution is 5.78. The molecule has 1 atom stereocenters. The van der Waals surface area contributed by atoms with Crippen molar-refractivity contribution in [3.63, 3.8) is 0 Å². The van der Waals surface area contributed by atoms with Crippen molar-refractivity contribution >= 4 is 16.9 Å². The summed E-state index contributed by atoms with van der Waals surface area (Å²) in [5.74, 6) is 0.945. The van der Waals surface area contributed by atoms with Crippen LogP contribution in [0.3, 0.4) is 0 Å². The quantitative estimate of drug-likeness (QED) is 0.726. The van der Waals surface area contributed by atoms with Gasteiger partial charge in [0.05, 0.1) is 17.6 Å². The number of hydrogen-bond acceptors (Lipinski definition) is 5. The lowest BCUT2D eigenvalue weighted by Gasteiger charge is -2.40. The minimum Gasteiger partial charge on any atom is -0.354 e. The van der Waals surface area contributed by atoms with Crippen LogP contribution in [0.5, 0.6) is 0 Å². The van der Waals surface area contributed by atoms with Crippen molar-refractivity contribution in [2.75, 3.05) is 18.0 Å². The fourth-order valence-corrected chi connectivity index (χ4v) is 3.74. The first-order valence-corrected chi connectivity index (χ1v) is 8.39. The van der Waals surface area contributed by atoms with Crippen LogP contribution in [0.4, 0.5) is 5.82 Å². The fourth-order valence-electron chi connectivity index (χ4n) is 3.74. The number of pyridine rings is 1. The molecule has 0 spiro atoms. The Morgan fingerprint density at radius 3 is 2.88 bits per heavy atom. The lowest BCUT2D eigenvalue weighted by Crippen LogP contribution is -2.45.